The number of hydrogen-bond acceptors (Lipinski definition) is 2. The van der Waals surface area contributed by atoms with E-state index in [0.717, 1.165) is 24.2 Å². The molecule has 0 aromatic heterocycles. The third-order valence-corrected chi connectivity index (χ3v) is 4.29. The quantitative estimate of drug-likeness (QED) is 0.783. The van der Waals surface area contributed by atoms with Gasteiger partial charge in [0.15, 0.2) is 5.78 Å². The summed E-state index contributed by atoms with van der Waals surface area (Å²) >= 11 is 0. The molecule has 0 bridgehead atoms. The molecule has 0 radical (unpaired) electrons. The Hall–Kier alpha value is -2.09. The Labute approximate surface area is 118 Å². The minimum Gasteiger partial charge on any atom is -0.490 e. The maximum atomic E-state index is 11.9. The molecule has 1 aliphatic carbocycles. The summed E-state index contributed by atoms with van der Waals surface area (Å²) in [6, 6.07) is 12.5. The number of carbonyl (C=O) groups excluding carboxylic acids is 1. The molecule has 1 heterocycles. The van der Waals surface area contributed by atoms with Crippen LogP contribution in [0, 0.1) is 0 Å². The van der Waals surface area contributed by atoms with Crippen LogP contribution in [0.1, 0.15) is 34.8 Å². The van der Waals surface area contributed by atoms with E-state index in [2.05, 4.69) is 31.2 Å². The molecule has 2 nitrogen and oxygen atoms in total. The van der Waals surface area contributed by atoms with Gasteiger partial charge in [0, 0.05) is 18.4 Å². The summed E-state index contributed by atoms with van der Waals surface area (Å²) in [5, 5.41) is 0. The van der Waals surface area contributed by atoms with Gasteiger partial charge in [-0.1, -0.05) is 24.3 Å². The molecule has 2 heteroatoms. The Balaban J connectivity index is 1.84. The number of hydrogen-bond donors (Lipinski definition) is 0. The first-order chi connectivity index (χ1) is 9.72. The van der Waals surface area contributed by atoms with E-state index >= 15 is 0 Å². The highest BCUT2D eigenvalue weighted by Gasteiger charge is 2.24. The molecular formula is C18H16O2. The maximum Gasteiger partial charge on any atom is 0.163 e. The number of ether oxygens (including phenoxy) is 1. The minimum absolute atomic E-state index is 0.267. The summed E-state index contributed by atoms with van der Waals surface area (Å²) in [4.78, 5) is 11.9. The Morgan fingerprint density at radius 2 is 1.95 bits per heavy atom. The average Bonchev–Trinajstić information content (AvgIpc) is 3.00. The molecule has 4 rings (SSSR count). The van der Waals surface area contributed by atoms with Crippen molar-refractivity contribution in [3.8, 4) is 16.9 Å². The smallest absolute Gasteiger partial charge is 0.163 e. The summed E-state index contributed by atoms with van der Waals surface area (Å²) < 4.78 is 5.75. The van der Waals surface area contributed by atoms with Crippen molar-refractivity contribution in [2.24, 2.45) is 0 Å². The maximum absolute atomic E-state index is 11.9. The van der Waals surface area contributed by atoms with Gasteiger partial charge in [-0.15, -0.1) is 0 Å². The van der Waals surface area contributed by atoms with Gasteiger partial charge in [0.25, 0.3) is 0 Å². The molecule has 1 atom stereocenters. The fourth-order valence-electron chi connectivity index (χ4n) is 3.35. The molecule has 0 N–H and O–H groups in total. The summed E-state index contributed by atoms with van der Waals surface area (Å²) in [6.07, 6.45) is 2.76. The fraction of sp³-hybridized carbons (Fsp3) is 0.278. The average molecular weight is 264 g/mol. The zero-order chi connectivity index (χ0) is 13.7. The monoisotopic (exact) mass is 264 g/mol. The van der Waals surface area contributed by atoms with Crippen LogP contribution in [0.4, 0.5) is 0 Å². The lowest BCUT2D eigenvalue weighted by atomic mass is 9.95. The first-order valence-electron chi connectivity index (χ1n) is 7.17. The van der Waals surface area contributed by atoms with Crippen molar-refractivity contribution in [1.29, 1.82) is 0 Å². The van der Waals surface area contributed by atoms with Gasteiger partial charge in [-0.2, -0.15) is 0 Å². The van der Waals surface area contributed by atoms with Gasteiger partial charge >= 0.3 is 0 Å². The van der Waals surface area contributed by atoms with Gasteiger partial charge in [-0.05, 0) is 47.7 Å². The topological polar surface area (TPSA) is 26.3 Å². The van der Waals surface area contributed by atoms with Crippen LogP contribution in [0.2, 0.25) is 0 Å². The summed E-state index contributed by atoms with van der Waals surface area (Å²) in [5.41, 5.74) is 5.80. The van der Waals surface area contributed by atoms with Crippen LogP contribution in [0.5, 0.6) is 5.75 Å². The van der Waals surface area contributed by atoms with E-state index in [1.165, 1.54) is 22.3 Å². The molecule has 20 heavy (non-hydrogen) atoms. The second kappa shape index (κ2) is 4.20. The van der Waals surface area contributed by atoms with E-state index < -0.39 is 0 Å². The summed E-state index contributed by atoms with van der Waals surface area (Å²) in [7, 11) is 0. The number of Topliss-reactive ketones (excluding diaryl/α,β-unsaturated/α-hetero) is 1. The SMILES string of the molecule is CC1Cc2cc(-c3cccc4c3CCC4=O)ccc2O1. The van der Waals surface area contributed by atoms with E-state index in [1.54, 1.807) is 0 Å². The zero-order valence-electron chi connectivity index (χ0n) is 11.5. The standard InChI is InChI=1S/C18H16O2/c1-11-9-13-10-12(5-8-18(13)20-11)14-3-2-4-16-15(14)6-7-17(16)19/h2-5,8,10-11H,6-7,9H2,1H3. The second-order valence-electron chi connectivity index (χ2n) is 5.71. The van der Waals surface area contributed by atoms with Crippen molar-refractivity contribution >= 4 is 5.78 Å². The number of ketones is 1. The zero-order valence-corrected chi connectivity index (χ0v) is 11.5. The van der Waals surface area contributed by atoms with Crippen molar-refractivity contribution < 1.29 is 9.53 Å². The van der Waals surface area contributed by atoms with Crippen molar-refractivity contribution in [2.45, 2.75) is 32.3 Å². The number of rotatable bonds is 1. The molecule has 2 aromatic rings. The number of fused-ring (bicyclic) bond motifs is 2. The van der Waals surface area contributed by atoms with Crippen LogP contribution in [0.3, 0.4) is 0 Å². The molecule has 2 aliphatic rings. The van der Waals surface area contributed by atoms with Crippen LogP contribution in [-0.2, 0) is 12.8 Å². The summed E-state index contributed by atoms with van der Waals surface area (Å²) in [5.74, 6) is 1.28. The Morgan fingerprint density at radius 3 is 2.85 bits per heavy atom. The molecule has 0 amide bonds. The van der Waals surface area contributed by atoms with Gasteiger partial charge in [0.2, 0.25) is 0 Å². The molecule has 0 spiro atoms. The van der Waals surface area contributed by atoms with Crippen molar-refractivity contribution in [2.75, 3.05) is 0 Å². The molecule has 0 fully saturated rings. The Bertz CT molecular complexity index is 715. The van der Waals surface area contributed by atoms with E-state index in [-0.39, 0.29) is 11.9 Å². The first-order valence-corrected chi connectivity index (χ1v) is 7.17. The van der Waals surface area contributed by atoms with E-state index in [4.69, 9.17) is 4.74 Å². The third-order valence-electron chi connectivity index (χ3n) is 4.29. The predicted molar refractivity (Wildman–Crippen MR) is 78.3 cm³/mol. The highest BCUT2D eigenvalue weighted by molar-refractivity contribution is 6.02. The Morgan fingerprint density at radius 1 is 1.10 bits per heavy atom. The predicted octanol–water partition coefficient (Wildman–Crippen LogP) is 3.81. The summed E-state index contributed by atoms with van der Waals surface area (Å²) in [6.45, 7) is 2.10. The van der Waals surface area contributed by atoms with E-state index in [1.807, 2.05) is 12.1 Å². The highest BCUT2D eigenvalue weighted by Crippen LogP contribution is 2.36. The molecule has 2 aromatic carbocycles. The van der Waals surface area contributed by atoms with Crippen LogP contribution in [0.15, 0.2) is 36.4 Å². The van der Waals surface area contributed by atoms with Crippen LogP contribution in [-0.4, -0.2) is 11.9 Å². The van der Waals surface area contributed by atoms with Crippen LogP contribution in [0.25, 0.3) is 11.1 Å². The van der Waals surface area contributed by atoms with Crippen molar-refractivity contribution in [1.82, 2.24) is 0 Å². The normalized spacial score (nSPS) is 19.6. The van der Waals surface area contributed by atoms with Gasteiger partial charge in [-0.3, -0.25) is 4.79 Å². The molecule has 1 aliphatic heterocycles. The third kappa shape index (κ3) is 1.68. The van der Waals surface area contributed by atoms with Crippen molar-refractivity contribution in [3.05, 3.63) is 53.1 Å². The molecule has 0 saturated carbocycles. The van der Waals surface area contributed by atoms with Gasteiger partial charge in [-0.25, -0.2) is 0 Å². The van der Waals surface area contributed by atoms with Gasteiger partial charge in [0.1, 0.15) is 11.9 Å². The lowest BCUT2D eigenvalue weighted by Gasteiger charge is -2.09. The number of carbonyl (C=O) groups is 1. The van der Waals surface area contributed by atoms with E-state index in [0.29, 0.717) is 6.42 Å². The largest absolute Gasteiger partial charge is 0.490 e. The Kier molecular flexibility index (Phi) is 2.46. The molecule has 1 unspecified atom stereocenters. The highest BCUT2D eigenvalue weighted by atomic mass is 16.5. The lowest BCUT2D eigenvalue weighted by Crippen LogP contribution is -2.05. The minimum atomic E-state index is 0.267. The van der Waals surface area contributed by atoms with Crippen LogP contribution >= 0.6 is 0 Å². The van der Waals surface area contributed by atoms with Crippen molar-refractivity contribution in [3.63, 3.8) is 0 Å². The molecule has 100 valence electrons. The second-order valence-corrected chi connectivity index (χ2v) is 5.71. The van der Waals surface area contributed by atoms with E-state index in [9.17, 15) is 4.79 Å². The molecular weight excluding hydrogens is 248 g/mol. The lowest BCUT2D eigenvalue weighted by molar-refractivity contribution is 0.0994. The first kappa shape index (κ1) is 11.7. The fourth-order valence-corrected chi connectivity index (χ4v) is 3.35. The van der Waals surface area contributed by atoms with Gasteiger partial charge in [0.05, 0.1) is 0 Å². The molecule has 0 saturated heterocycles. The van der Waals surface area contributed by atoms with Crippen LogP contribution < -0.4 is 4.74 Å². The number of benzene rings is 2. The van der Waals surface area contributed by atoms with Gasteiger partial charge < -0.3 is 4.74 Å².